The summed E-state index contributed by atoms with van der Waals surface area (Å²) in [6.07, 6.45) is 0. The molecular formula is C17H14N4O4. The molecule has 25 heavy (non-hydrogen) atoms. The third-order valence-corrected chi connectivity index (χ3v) is 3.45. The van der Waals surface area contributed by atoms with Gasteiger partial charge in [0.05, 0.1) is 29.8 Å². The Morgan fingerprint density at radius 2 is 1.96 bits per heavy atom. The third kappa shape index (κ3) is 3.61. The fourth-order valence-electron chi connectivity index (χ4n) is 2.31. The zero-order valence-corrected chi connectivity index (χ0v) is 13.3. The Kier molecular flexibility index (Phi) is 4.39. The Balaban J connectivity index is 1.66. The van der Waals surface area contributed by atoms with Gasteiger partial charge in [-0.1, -0.05) is 0 Å². The zero-order valence-electron chi connectivity index (χ0n) is 13.3. The first-order chi connectivity index (χ1) is 12.1. The van der Waals surface area contributed by atoms with Crippen molar-refractivity contribution >= 4 is 22.6 Å². The van der Waals surface area contributed by atoms with Crippen LogP contribution in [0.4, 0.5) is 5.69 Å². The maximum absolute atomic E-state index is 12.0. The van der Waals surface area contributed by atoms with E-state index in [4.69, 9.17) is 14.7 Å². The van der Waals surface area contributed by atoms with Crippen LogP contribution in [0.2, 0.25) is 0 Å². The fraction of sp³-hybridized carbons (Fsp3) is 0.118. The molecule has 0 aliphatic rings. The maximum atomic E-state index is 12.0. The SMILES string of the molecule is COc1cc(C#N)ccc1OCC(=O)Nc1ccc2[nH]c(=O)[nH]c2c1. The van der Waals surface area contributed by atoms with Crippen molar-refractivity contribution in [1.29, 1.82) is 5.26 Å². The van der Waals surface area contributed by atoms with Crippen LogP contribution in [0.5, 0.6) is 11.5 Å². The molecule has 0 unspecified atom stereocenters. The molecular weight excluding hydrogens is 324 g/mol. The van der Waals surface area contributed by atoms with Gasteiger partial charge >= 0.3 is 5.69 Å². The van der Waals surface area contributed by atoms with Gasteiger partial charge in [-0.2, -0.15) is 5.26 Å². The summed E-state index contributed by atoms with van der Waals surface area (Å²) < 4.78 is 10.6. The van der Waals surface area contributed by atoms with Gasteiger partial charge in [0.1, 0.15) is 0 Å². The molecule has 0 spiro atoms. The van der Waals surface area contributed by atoms with Gasteiger partial charge in [0, 0.05) is 11.8 Å². The zero-order chi connectivity index (χ0) is 17.8. The quantitative estimate of drug-likeness (QED) is 0.654. The highest BCUT2D eigenvalue weighted by molar-refractivity contribution is 5.93. The lowest BCUT2D eigenvalue weighted by molar-refractivity contribution is -0.118. The predicted molar refractivity (Wildman–Crippen MR) is 90.8 cm³/mol. The molecule has 0 fully saturated rings. The molecule has 8 nitrogen and oxygen atoms in total. The first-order valence-electron chi connectivity index (χ1n) is 7.32. The van der Waals surface area contributed by atoms with Gasteiger partial charge in [-0.05, 0) is 30.3 Å². The molecule has 3 rings (SSSR count). The number of ether oxygens (including phenoxy) is 2. The van der Waals surface area contributed by atoms with Crippen molar-refractivity contribution in [1.82, 2.24) is 9.97 Å². The lowest BCUT2D eigenvalue weighted by atomic mass is 10.2. The van der Waals surface area contributed by atoms with Crippen molar-refractivity contribution in [3.63, 3.8) is 0 Å². The van der Waals surface area contributed by atoms with Crippen molar-refractivity contribution < 1.29 is 14.3 Å². The highest BCUT2D eigenvalue weighted by Gasteiger charge is 2.09. The number of carbonyl (C=O) groups excluding carboxylic acids is 1. The molecule has 0 bridgehead atoms. The number of hydrogen-bond acceptors (Lipinski definition) is 5. The lowest BCUT2D eigenvalue weighted by Crippen LogP contribution is -2.20. The van der Waals surface area contributed by atoms with Crippen molar-refractivity contribution in [3.05, 3.63) is 52.4 Å². The standard InChI is InChI=1S/C17H14N4O4/c1-24-15-6-10(8-18)2-5-14(15)25-9-16(22)19-11-3-4-12-13(7-11)21-17(23)20-12/h2-7H,9H2,1H3,(H,19,22)(H2,20,21,23). The van der Waals surface area contributed by atoms with Crippen LogP contribution in [-0.2, 0) is 4.79 Å². The molecule has 1 aromatic heterocycles. The minimum Gasteiger partial charge on any atom is -0.493 e. The molecule has 3 N–H and O–H groups in total. The summed E-state index contributed by atoms with van der Waals surface area (Å²) in [4.78, 5) is 28.5. The Morgan fingerprint density at radius 3 is 2.72 bits per heavy atom. The summed E-state index contributed by atoms with van der Waals surface area (Å²) in [5, 5.41) is 11.6. The molecule has 0 saturated carbocycles. The van der Waals surface area contributed by atoms with Crippen molar-refractivity contribution in [2.75, 3.05) is 19.0 Å². The molecule has 0 saturated heterocycles. The van der Waals surface area contributed by atoms with E-state index < -0.39 is 0 Å². The van der Waals surface area contributed by atoms with Crippen molar-refractivity contribution in [2.45, 2.75) is 0 Å². The van der Waals surface area contributed by atoms with Gasteiger partial charge in [0.25, 0.3) is 5.91 Å². The number of methoxy groups -OCH3 is 1. The molecule has 0 radical (unpaired) electrons. The summed E-state index contributed by atoms with van der Waals surface area (Å²) in [6, 6.07) is 11.7. The number of nitrogens with zero attached hydrogens (tertiary/aromatic N) is 1. The van der Waals surface area contributed by atoms with E-state index in [-0.39, 0.29) is 18.2 Å². The van der Waals surface area contributed by atoms with Crippen LogP contribution in [0.3, 0.4) is 0 Å². The largest absolute Gasteiger partial charge is 0.493 e. The number of aromatic amines is 2. The topological polar surface area (TPSA) is 120 Å². The second-order valence-corrected chi connectivity index (χ2v) is 5.15. The Bertz CT molecular complexity index is 1030. The van der Waals surface area contributed by atoms with Gasteiger partial charge in [-0.25, -0.2) is 4.79 Å². The molecule has 126 valence electrons. The van der Waals surface area contributed by atoms with Crippen LogP contribution in [0.1, 0.15) is 5.56 Å². The number of carbonyl (C=O) groups is 1. The van der Waals surface area contributed by atoms with Crippen LogP contribution in [-0.4, -0.2) is 29.6 Å². The van der Waals surface area contributed by atoms with Gasteiger partial charge in [-0.15, -0.1) is 0 Å². The molecule has 1 heterocycles. The lowest BCUT2D eigenvalue weighted by Gasteiger charge is -2.11. The minimum absolute atomic E-state index is 0.232. The van der Waals surface area contributed by atoms with Gasteiger partial charge < -0.3 is 24.8 Å². The molecule has 0 atom stereocenters. The molecule has 0 aliphatic carbocycles. The van der Waals surface area contributed by atoms with E-state index in [2.05, 4.69) is 15.3 Å². The summed E-state index contributed by atoms with van der Waals surface area (Å²) >= 11 is 0. The van der Waals surface area contributed by atoms with Gasteiger partial charge in [0.15, 0.2) is 18.1 Å². The molecule has 1 amide bonds. The monoisotopic (exact) mass is 338 g/mol. The molecule has 2 aromatic carbocycles. The van der Waals surface area contributed by atoms with Crippen LogP contribution in [0.25, 0.3) is 11.0 Å². The summed E-state index contributed by atoms with van der Waals surface area (Å²) in [5.41, 5.74) is 1.90. The van der Waals surface area contributed by atoms with E-state index in [0.717, 1.165) is 0 Å². The van der Waals surface area contributed by atoms with Crippen molar-refractivity contribution in [3.8, 4) is 17.6 Å². The second-order valence-electron chi connectivity index (χ2n) is 5.15. The van der Waals surface area contributed by atoms with E-state index >= 15 is 0 Å². The number of aromatic nitrogens is 2. The number of nitrogens with one attached hydrogen (secondary N) is 3. The van der Waals surface area contributed by atoms with Crippen LogP contribution in [0.15, 0.2) is 41.2 Å². The highest BCUT2D eigenvalue weighted by atomic mass is 16.5. The highest BCUT2D eigenvalue weighted by Crippen LogP contribution is 2.27. The number of H-pyrrole nitrogens is 2. The van der Waals surface area contributed by atoms with Crippen LogP contribution >= 0.6 is 0 Å². The maximum Gasteiger partial charge on any atom is 0.323 e. The fourth-order valence-corrected chi connectivity index (χ4v) is 2.31. The summed E-state index contributed by atoms with van der Waals surface area (Å²) in [6.45, 7) is -0.232. The van der Waals surface area contributed by atoms with E-state index in [1.54, 1.807) is 30.3 Å². The summed E-state index contributed by atoms with van der Waals surface area (Å²) in [5.74, 6) is 0.365. The number of hydrogen-bond donors (Lipinski definition) is 3. The number of anilines is 1. The number of imidazole rings is 1. The average Bonchev–Trinajstić information content (AvgIpc) is 2.99. The second kappa shape index (κ2) is 6.80. The average molecular weight is 338 g/mol. The number of benzene rings is 2. The first-order valence-corrected chi connectivity index (χ1v) is 7.32. The minimum atomic E-state index is -0.372. The number of fused-ring (bicyclic) bond motifs is 1. The van der Waals surface area contributed by atoms with Crippen molar-refractivity contribution in [2.24, 2.45) is 0 Å². The Labute approximate surface area is 142 Å². The Morgan fingerprint density at radius 1 is 1.16 bits per heavy atom. The van der Waals surface area contributed by atoms with Gasteiger partial charge in [0.2, 0.25) is 0 Å². The van der Waals surface area contributed by atoms with E-state index in [1.807, 2.05) is 6.07 Å². The number of amides is 1. The smallest absolute Gasteiger partial charge is 0.323 e. The summed E-state index contributed by atoms with van der Waals surface area (Å²) in [7, 11) is 1.45. The predicted octanol–water partition coefficient (Wildman–Crippen LogP) is 1.75. The number of rotatable bonds is 5. The van der Waals surface area contributed by atoms with E-state index in [1.165, 1.54) is 13.2 Å². The molecule has 3 aromatic rings. The van der Waals surface area contributed by atoms with Crippen LogP contribution in [0, 0.1) is 11.3 Å². The van der Waals surface area contributed by atoms with Crippen LogP contribution < -0.4 is 20.5 Å². The molecule has 0 aliphatic heterocycles. The molecule has 8 heteroatoms. The third-order valence-electron chi connectivity index (χ3n) is 3.45. The normalized spacial score (nSPS) is 10.2. The van der Waals surface area contributed by atoms with E-state index in [0.29, 0.717) is 33.8 Å². The first kappa shape index (κ1) is 16.1. The Hall–Kier alpha value is -3.73. The van der Waals surface area contributed by atoms with E-state index in [9.17, 15) is 9.59 Å². The number of nitriles is 1. The van der Waals surface area contributed by atoms with Gasteiger partial charge in [-0.3, -0.25) is 4.79 Å².